The Morgan fingerprint density at radius 2 is 1.78 bits per heavy atom. The molecule has 2 amide bonds. The maximum absolute atomic E-state index is 13.2. The van der Waals surface area contributed by atoms with Crippen molar-refractivity contribution in [3.63, 3.8) is 0 Å². The number of rotatable bonds is 4. The third-order valence-electron chi connectivity index (χ3n) is 4.64. The average molecular weight is 368 g/mol. The fourth-order valence-corrected chi connectivity index (χ4v) is 2.96. The van der Waals surface area contributed by atoms with Gasteiger partial charge in [0.05, 0.1) is 24.9 Å². The number of hydrogen-bond donors (Lipinski definition) is 0. The molecule has 2 heterocycles. The SMILES string of the molecule is COC(=O)c1ccc(CN(C(=O)N2CCN(C)CC2)c2ccccc2)nc1. The maximum Gasteiger partial charge on any atom is 0.339 e. The molecule has 0 N–H and O–H groups in total. The number of esters is 1. The molecule has 7 heteroatoms. The molecule has 27 heavy (non-hydrogen) atoms. The average Bonchev–Trinajstić information content (AvgIpc) is 2.72. The highest BCUT2D eigenvalue weighted by molar-refractivity contribution is 5.92. The molecule has 0 unspecified atom stereocenters. The van der Waals surface area contributed by atoms with Gasteiger partial charge in [-0.25, -0.2) is 9.59 Å². The van der Waals surface area contributed by atoms with Crippen molar-refractivity contribution in [2.24, 2.45) is 0 Å². The van der Waals surface area contributed by atoms with E-state index in [0.29, 0.717) is 30.9 Å². The molecule has 3 rings (SSSR count). The second-order valence-corrected chi connectivity index (χ2v) is 6.52. The summed E-state index contributed by atoms with van der Waals surface area (Å²) in [6.07, 6.45) is 1.48. The molecule has 7 nitrogen and oxygen atoms in total. The van der Waals surface area contributed by atoms with Crippen molar-refractivity contribution in [2.45, 2.75) is 6.54 Å². The summed E-state index contributed by atoms with van der Waals surface area (Å²) < 4.78 is 4.70. The molecule has 1 aliphatic rings. The Labute approximate surface area is 159 Å². The molecule has 0 aliphatic carbocycles. The predicted octanol–water partition coefficient (Wildman–Crippen LogP) is 2.24. The Morgan fingerprint density at radius 3 is 2.37 bits per heavy atom. The van der Waals surface area contributed by atoms with E-state index < -0.39 is 5.97 Å². The number of urea groups is 1. The predicted molar refractivity (Wildman–Crippen MR) is 103 cm³/mol. The van der Waals surface area contributed by atoms with Gasteiger partial charge in [-0.15, -0.1) is 0 Å². The van der Waals surface area contributed by atoms with Crippen molar-refractivity contribution in [1.29, 1.82) is 0 Å². The third-order valence-corrected chi connectivity index (χ3v) is 4.64. The van der Waals surface area contributed by atoms with Crippen LogP contribution < -0.4 is 4.90 Å². The zero-order chi connectivity index (χ0) is 19.2. The van der Waals surface area contributed by atoms with Gasteiger partial charge in [0.2, 0.25) is 0 Å². The minimum absolute atomic E-state index is 0.0341. The number of likely N-dealkylation sites (N-methyl/N-ethyl adjacent to an activating group) is 1. The summed E-state index contributed by atoms with van der Waals surface area (Å²) in [5, 5.41) is 0. The standard InChI is InChI=1S/C20H24N4O3/c1-22-10-12-23(13-11-22)20(26)24(18-6-4-3-5-7-18)15-17-9-8-16(14-21-17)19(25)27-2/h3-9,14H,10-13,15H2,1-2H3. The smallest absolute Gasteiger partial charge is 0.339 e. The number of carbonyl (C=O) groups excluding carboxylic acids is 2. The number of para-hydroxylation sites is 1. The minimum atomic E-state index is -0.428. The summed E-state index contributed by atoms with van der Waals surface area (Å²) in [5.74, 6) is -0.428. The molecule has 0 atom stereocenters. The highest BCUT2D eigenvalue weighted by Crippen LogP contribution is 2.19. The number of benzene rings is 1. The van der Waals surface area contributed by atoms with Crippen LogP contribution in [0, 0.1) is 0 Å². The number of ether oxygens (including phenoxy) is 1. The van der Waals surface area contributed by atoms with E-state index in [4.69, 9.17) is 4.74 Å². The van der Waals surface area contributed by atoms with Crippen molar-refractivity contribution < 1.29 is 14.3 Å². The van der Waals surface area contributed by atoms with Gasteiger partial charge in [-0.2, -0.15) is 0 Å². The van der Waals surface area contributed by atoms with Crippen molar-refractivity contribution in [2.75, 3.05) is 45.2 Å². The molecule has 1 saturated heterocycles. The Kier molecular flexibility index (Phi) is 6.03. The number of pyridine rings is 1. The van der Waals surface area contributed by atoms with Crippen molar-refractivity contribution >= 4 is 17.7 Å². The molecule has 0 saturated carbocycles. The number of nitrogens with zero attached hydrogens (tertiary/aromatic N) is 4. The second-order valence-electron chi connectivity index (χ2n) is 6.52. The second kappa shape index (κ2) is 8.64. The summed E-state index contributed by atoms with van der Waals surface area (Å²) in [6, 6.07) is 12.9. The first kappa shape index (κ1) is 18.8. The van der Waals surface area contributed by atoms with Crippen LogP contribution in [0.1, 0.15) is 16.1 Å². The molecular formula is C20H24N4O3. The quantitative estimate of drug-likeness (QED) is 0.775. The Bertz CT molecular complexity index is 772. The lowest BCUT2D eigenvalue weighted by molar-refractivity contribution is 0.0600. The number of methoxy groups -OCH3 is 1. The minimum Gasteiger partial charge on any atom is -0.465 e. The van der Waals surface area contributed by atoms with Crippen LogP contribution in [0.15, 0.2) is 48.7 Å². The molecule has 1 aromatic carbocycles. The molecule has 0 bridgehead atoms. The number of piperazine rings is 1. The van der Waals surface area contributed by atoms with E-state index in [1.165, 1.54) is 13.3 Å². The number of carbonyl (C=O) groups is 2. The number of aromatic nitrogens is 1. The summed E-state index contributed by atoms with van der Waals surface area (Å²) in [5.41, 5.74) is 1.91. The van der Waals surface area contributed by atoms with Gasteiger partial charge in [0.1, 0.15) is 0 Å². The van der Waals surface area contributed by atoms with Crippen LogP contribution in [0.4, 0.5) is 10.5 Å². The normalized spacial score (nSPS) is 14.7. The van der Waals surface area contributed by atoms with Gasteiger partial charge >= 0.3 is 12.0 Å². The van der Waals surface area contributed by atoms with Gasteiger partial charge in [-0.1, -0.05) is 18.2 Å². The molecule has 0 radical (unpaired) electrons. The summed E-state index contributed by atoms with van der Waals surface area (Å²) in [6.45, 7) is 3.46. The third kappa shape index (κ3) is 4.62. The summed E-state index contributed by atoms with van der Waals surface area (Å²) >= 11 is 0. The van der Waals surface area contributed by atoms with Crippen LogP contribution in [-0.2, 0) is 11.3 Å². The van der Waals surface area contributed by atoms with E-state index in [1.54, 1.807) is 17.0 Å². The van der Waals surface area contributed by atoms with E-state index in [9.17, 15) is 9.59 Å². The van der Waals surface area contributed by atoms with Crippen LogP contribution in [-0.4, -0.2) is 67.1 Å². The maximum atomic E-state index is 13.2. The molecule has 1 aromatic heterocycles. The summed E-state index contributed by atoms with van der Waals surface area (Å²) in [7, 11) is 3.39. The molecule has 1 fully saturated rings. The van der Waals surface area contributed by atoms with Gasteiger partial charge in [0.25, 0.3) is 0 Å². The molecule has 142 valence electrons. The molecule has 0 spiro atoms. The Balaban J connectivity index is 1.80. The van der Waals surface area contributed by atoms with Crippen molar-refractivity contribution in [3.05, 3.63) is 59.9 Å². The fourth-order valence-electron chi connectivity index (χ4n) is 2.96. The molecule has 2 aromatic rings. The van der Waals surface area contributed by atoms with Crippen LogP contribution in [0.25, 0.3) is 0 Å². The highest BCUT2D eigenvalue weighted by Gasteiger charge is 2.25. The number of hydrogen-bond acceptors (Lipinski definition) is 5. The van der Waals surface area contributed by atoms with E-state index in [-0.39, 0.29) is 6.03 Å². The van der Waals surface area contributed by atoms with Gasteiger partial charge in [0, 0.05) is 38.1 Å². The van der Waals surface area contributed by atoms with Crippen molar-refractivity contribution in [1.82, 2.24) is 14.8 Å². The number of anilines is 1. The van der Waals surface area contributed by atoms with E-state index >= 15 is 0 Å². The van der Waals surface area contributed by atoms with Gasteiger partial charge < -0.3 is 14.5 Å². The first-order chi connectivity index (χ1) is 13.1. The van der Waals surface area contributed by atoms with Crippen molar-refractivity contribution in [3.8, 4) is 0 Å². The van der Waals surface area contributed by atoms with E-state index in [1.807, 2.05) is 35.2 Å². The van der Waals surface area contributed by atoms with Gasteiger partial charge in [-0.05, 0) is 31.3 Å². The van der Waals surface area contributed by atoms with Crippen LogP contribution in [0.3, 0.4) is 0 Å². The first-order valence-corrected chi connectivity index (χ1v) is 8.92. The van der Waals surface area contributed by atoms with E-state index in [2.05, 4.69) is 16.9 Å². The lowest BCUT2D eigenvalue weighted by Gasteiger charge is -2.36. The molecular weight excluding hydrogens is 344 g/mol. The van der Waals surface area contributed by atoms with Crippen LogP contribution in [0.5, 0.6) is 0 Å². The highest BCUT2D eigenvalue weighted by atomic mass is 16.5. The Morgan fingerprint density at radius 1 is 1.07 bits per heavy atom. The Hall–Kier alpha value is -2.93. The summed E-state index contributed by atoms with van der Waals surface area (Å²) in [4.78, 5) is 34.9. The van der Waals surface area contributed by atoms with Crippen LogP contribution in [0.2, 0.25) is 0 Å². The zero-order valence-electron chi connectivity index (χ0n) is 15.7. The molecule has 1 aliphatic heterocycles. The van der Waals surface area contributed by atoms with Gasteiger partial charge in [-0.3, -0.25) is 9.88 Å². The largest absolute Gasteiger partial charge is 0.465 e. The fraction of sp³-hybridized carbons (Fsp3) is 0.350. The zero-order valence-corrected chi connectivity index (χ0v) is 15.7. The van der Waals surface area contributed by atoms with Crippen LogP contribution >= 0.6 is 0 Å². The lowest BCUT2D eigenvalue weighted by Crippen LogP contribution is -2.52. The lowest BCUT2D eigenvalue weighted by atomic mass is 10.2. The topological polar surface area (TPSA) is 66.0 Å². The van der Waals surface area contributed by atoms with E-state index in [0.717, 1.165) is 18.8 Å². The number of amides is 2. The monoisotopic (exact) mass is 368 g/mol. The first-order valence-electron chi connectivity index (χ1n) is 8.92. The van der Waals surface area contributed by atoms with Gasteiger partial charge in [0.15, 0.2) is 0 Å².